The summed E-state index contributed by atoms with van der Waals surface area (Å²) in [4.78, 5) is 29.7. The molecule has 0 spiro atoms. The molecule has 6 heteroatoms. The SMILES string of the molecule is C=C[C@@]1(O)C(=O)OCC2=C1C=C1c3nc4ccccc4cc3NC1C2=O. The van der Waals surface area contributed by atoms with Gasteiger partial charge < -0.3 is 15.2 Å². The van der Waals surface area contributed by atoms with Crippen LogP contribution < -0.4 is 5.32 Å². The maximum absolute atomic E-state index is 13.0. The van der Waals surface area contributed by atoms with Gasteiger partial charge in [0.15, 0.2) is 5.78 Å². The highest BCUT2D eigenvalue weighted by Crippen LogP contribution is 2.44. The number of rotatable bonds is 1. The number of pyridine rings is 1. The van der Waals surface area contributed by atoms with E-state index in [-0.39, 0.29) is 23.5 Å². The summed E-state index contributed by atoms with van der Waals surface area (Å²) in [7, 11) is 0. The fourth-order valence-electron chi connectivity index (χ4n) is 3.76. The number of nitrogens with one attached hydrogen (secondary N) is 1. The molecule has 2 aliphatic heterocycles. The predicted octanol–water partition coefficient (Wildman–Crippen LogP) is 1.77. The van der Waals surface area contributed by atoms with E-state index in [0.717, 1.165) is 22.7 Å². The molecular formula is C20H14N2O4. The molecule has 2 aromatic rings. The fourth-order valence-corrected chi connectivity index (χ4v) is 3.76. The van der Waals surface area contributed by atoms with E-state index >= 15 is 0 Å². The van der Waals surface area contributed by atoms with E-state index in [2.05, 4.69) is 16.9 Å². The van der Waals surface area contributed by atoms with E-state index in [9.17, 15) is 14.7 Å². The zero-order valence-corrected chi connectivity index (χ0v) is 13.7. The number of anilines is 1. The average molecular weight is 346 g/mol. The summed E-state index contributed by atoms with van der Waals surface area (Å²) < 4.78 is 5.00. The van der Waals surface area contributed by atoms with Gasteiger partial charge >= 0.3 is 5.97 Å². The summed E-state index contributed by atoms with van der Waals surface area (Å²) in [6.45, 7) is 3.38. The first-order valence-corrected chi connectivity index (χ1v) is 8.22. The van der Waals surface area contributed by atoms with Gasteiger partial charge in [-0.2, -0.15) is 0 Å². The second-order valence-electron chi connectivity index (χ2n) is 6.56. The molecule has 0 bridgehead atoms. The van der Waals surface area contributed by atoms with Crippen LogP contribution in [0.1, 0.15) is 5.69 Å². The van der Waals surface area contributed by atoms with Gasteiger partial charge in [-0.1, -0.05) is 24.8 Å². The second kappa shape index (κ2) is 4.89. The molecule has 1 unspecified atom stereocenters. The summed E-state index contributed by atoms with van der Waals surface area (Å²) in [5.74, 6) is -1.06. The van der Waals surface area contributed by atoms with Crippen molar-refractivity contribution in [2.24, 2.45) is 0 Å². The number of para-hydroxylation sites is 1. The number of benzene rings is 1. The highest BCUT2D eigenvalue weighted by molar-refractivity contribution is 6.17. The third kappa shape index (κ3) is 1.76. The first-order valence-electron chi connectivity index (χ1n) is 8.22. The van der Waals surface area contributed by atoms with Crippen molar-refractivity contribution in [3.8, 4) is 0 Å². The van der Waals surface area contributed by atoms with Crippen molar-refractivity contribution in [3.05, 3.63) is 65.9 Å². The van der Waals surface area contributed by atoms with Crippen LogP contribution in [0.4, 0.5) is 5.69 Å². The van der Waals surface area contributed by atoms with Crippen molar-refractivity contribution >= 4 is 33.9 Å². The fraction of sp³-hybridized carbons (Fsp3) is 0.150. The van der Waals surface area contributed by atoms with Gasteiger partial charge in [-0.3, -0.25) is 4.79 Å². The number of ketones is 1. The van der Waals surface area contributed by atoms with Crippen LogP contribution in [-0.2, 0) is 14.3 Å². The standard InChI is InChI=1S/C20H14N2O4/c1-2-20(25)13-8-11-16-15(7-10-5-3-4-6-14(10)21-16)22-17(11)18(23)12(13)9-26-19(20)24/h2-8,17,22,25H,1,9H2/t17?,20-/m0/s1. The van der Waals surface area contributed by atoms with Gasteiger partial charge in [-0.25, -0.2) is 9.78 Å². The number of aromatic nitrogens is 1. The second-order valence-corrected chi connectivity index (χ2v) is 6.56. The van der Waals surface area contributed by atoms with Crippen molar-refractivity contribution in [2.45, 2.75) is 11.6 Å². The van der Waals surface area contributed by atoms with Crippen LogP contribution >= 0.6 is 0 Å². The Bertz CT molecular complexity index is 1100. The summed E-state index contributed by atoms with van der Waals surface area (Å²) in [6.07, 6.45) is 2.77. The lowest BCUT2D eigenvalue weighted by Crippen LogP contribution is -2.48. The van der Waals surface area contributed by atoms with E-state index in [4.69, 9.17) is 4.74 Å². The number of ether oxygens (including phenoxy) is 1. The third-order valence-corrected chi connectivity index (χ3v) is 5.16. The van der Waals surface area contributed by atoms with Crippen LogP contribution in [0.25, 0.3) is 16.5 Å². The van der Waals surface area contributed by atoms with Crippen molar-refractivity contribution < 1.29 is 19.4 Å². The van der Waals surface area contributed by atoms with Gasteiger partial charge in [0, 0.05) is 22.1 Å². The Kier molecular flexibility index (Phi) is 2.83. The van der Waals surface area contributed by atoms with Crippen molar-refractivity contribution in [1.29, 1.82) is 0 Å². The monoisotopic (exact) mass is 346 g/mol. The molecule has 6 nitrogen and oxygen atoms in total. The molecular weight excluding hydrogens is 332 g/mol. The van der Waals surface area contributed by atoms with Gasteiger partial charge in [0.25, 0.3) is 0 Å². The van der Waals surface area contributed by atoms with Crippen molar-refractivity contribution in [2.75, 3.05) is 11.9 Å². The molecule has 2 atom stereocenters. The lowest BCUT2D eigenvalue weighted by molar-refractivity contribution is -0.158. The van der Waals surface area contributed by atoms with Gasteiger partial charge in [0.1, 0.15) is 12.6 Å². The third-order valence-electron chi connectivity index (χ3n) is 5.16. The Morgan fingerprint density at radius 2 is 2.15 bits per heavy atom. The summed E-state index contributed by atoms with van der Waals surface area (Å²) in [6, 6.07) is 9.03. The van der Waals surface area contributed by atoms with Gasteiger partial charge in [0.05, 0.1) is 16.9 Å². The highest BCUT2D eigenvalue weighted by Gasteiger charge is 2.49. The number of cyclic esters (lactones) is 1. The minimum absolute atomic E-state index is 0.156. The zero-order valence-electron chi connectivity index (χ0n) is 13.7. The van der Waals surface area contributed by atoms with Gasteiger partial charge in [0.2, 0.25) is 5.60 Å². The highest BCUT2D eigenvalue weighted by atomic mass is 16.6. The molecule has 0 saturated carbocycles. The number of Topliss-reactive ketones (excluding diaryl/α,β-unsaturated/α-hetero) is 1. The average Bonchev–Trinajstić information content (AvgIpc) is 3.01. The van der Waals surface area contributed by atoms with Crippen LogP contribution in [0.3, 0.4) is 0 Å². The largest absolute Gasteiger partial charge is 0.458 e. The molecule has 2 N–H and O–H groups in total. The number of nitrogens with zero attached hydrogens (tertiary/aromatic N) is 1. The van der Waals surface area contributed by atoms with Crippen molar-refractivity contribution in [3.63, 3.8) is 0 Å². The van der Waals surface area contributed by atoms with Gasteiger partial charge in [-0.05, 0) is 24.3 Å². The Morgan fingerprint density at radius 3 is 2.96 bits per heavy atom. The molecule has 1 aliphatic carbocycles. The van der Waals surface area contributed by atoms with E-state index in [0.29, 0.717) is 11.3 Å². The number of carbonyl (C=O) groups is 2. The van der Waals surface area contributed by atoms with E-state index in [1.165, 1.54) is 0 Å². The van der Waals surface area contributed by atoms with E-state index < -0.39 is 17.6 Å². The number of aliphatic hydroxyl groups is 1. The predicted molar refractivity (Wildman–Crippen MR) is 95.3 cm³/mol. The molecule has 1 aromatic carbocycles. The number of esters is 1. The van der Waals surface area contributed by atoms with Crippen LogP contribution in [0.2, 0.25) is 0 Å². The Hall–Kier alpha value is -3.25. The van der Waals surface area contributed by atoms with E-state index in [1.54, 1.807) is 6.08 Å². The van der Waals surface area contributed by atoms with E-state index in [1.807, 2.05) is 30.3 Å². The summed E-state index contributed by atoms with van der Waals surface area (Å²) in [5.41, 5.74) is 1.34. The first-order chi connectivity index (χ1) is 12.5. The van der Waals surface area contributed by atoms with Crippen molar-refractivity contribution in [1.82, 2.24) is 4.98 Å². The Balaban J connectivity index is 1.74. The molecule has 128 valence electrons. The quantitative estimate of drug-likeness (QED) is 0.604. The molecule has 0 amide bonds. The minimum Gasteiger partial charge on any atom is -0.458 e. The number of fused-ring (bicyclic) bond motifs is 4. The first kappa shape index (κ1) is 15.0. The summed E-state index contributed by atoms with van der Waals surface area (Å²) >= 11 is 0. The van der Waals surface area contributed by atoms with Crippen LogP contribution in [-0.4, -0.2) is 40.1 Å². The molecule has 3 heterocycles. The summed E-state index contributed by atoms with van der Waals surface area (Å²) in [5, 5.41) is 14.9. The van der Waals surface area contributed by atoms with Crippen LogP contribution in [0.5, 0.6) is 0 Å². The number of hydrogen-bond donors (Lipinski definition) is 2. The molecule has 1 aromatic heterocycles. The molecule has 3 aliphatic rings. The number of hydrogen-bond acceptors (Lipinski definition) is 6. The Morgan fingerprint density at radius 1 is 1.35 bits per heavy atom. The topological polar surface area (TPSA) is 88.5 Å². The maximum atomic E-state index is 13.0. The van der Waals surface area contributed by atoms with Crippen LogP contribution in [0.15, 0.2) is 60.2 Å². The smallest absolute Gasteiger partial charge is 0.347 e. The molecule has 26 heavy (non-hydrogen) atoms. The lowest BCUT2D eigenvalue weighted by atomic mass is 9.78. The maximum Gasteiger partial charge on any atom is 0.347 e. The molecule has 0 fully saturated rings. The molecule has 0 saturated heterocycles. The minimum atomic E-state index is -2.03. The molecule has 0 radical (unpaired) electrons. The van der Waals surface area contributed by atoms with Crippen LogP contribution in [0, 0.1) is 0 Å². The lowest BCUT2D eigenvalue weighted by Gasteiger charge is -2.34. The normalized spacial score (nSPS) is 26.5. The number of carbonyl (C=O) groups excluding carboxylic acids is 2. The zero-order chi connectivity index (χ0) is 18.1. The van der Waals surface area contributed by atoms with Gasteiger partial charge in [-0.15, -0.1) is 0 Å². The Labute approximate surface area is 148 Å². The molecule has 5 rings (SSSR count).